The molecule has 1 atom stereocenters. The van der Waals surface area contributed by atoms with Crippen LogP contribution in [0.3, 0.4) is 0 Å². The van der Waals surface area contributed by atoms with Crippen LogP contribution >= 0.6 is 11.3 Å². The van der Waals surface area contributed by atoms with Gasteiger partial charge in [0, 0.05) is 36.5 Å². The molecule has 9 heteroatoms. The Balaban J connectivity index is 1.38. The van der Waals surface area contributed by atoms with Crippen LogP contribution in [0.2, 0.25) is 0 Å². The Labute approximate surface area is 170 Å². The van der Waals surface area contributed by atoms with Gasteiger partial charge in [-0.25, -0.2) is 14.1 Å². The van der Waals surface area contributed by atoms with E-state index >= 15 is 0 Å². The molecule has 2 aliphatic rings. The summed E-state index contributed by atoms with van der Waals surface area (Å²) in [6, 6.07) is 5.88. The quantitative estimate of drug-likeness (QED) is 0.606. The lowest BCUT2D eigenvalue weighted by atomic mass is 9.86. The third-order valence-electron chi connectivity index (χ3n) is 5.84. The van der Waals surface area contributed by atoms with Gasteiger partial charge >= 0.3 is 11.1 Å². The molecule has 1 saturated heterocycles. The maximum absolute atomic E-state index is 13.1. The third-order valence-corrected chi connectivity index (χ3v) is 6.61. The van der Waals surface area contributed by atoms with Gasteiger partial charge in [0.05, 0.1) is 13.1 Å². The first kappa shape index (κ1) is 18.4. The van der Waals surface area contributed by atoms with Gasteiger partial charge in [-0.05, 0) is 30.7 Å². The molecule has 7 nitrogen and oxygen atoms in total. The largest absolute Gasteiger partial charge is 0.332 e. The highest BCUT2D eigenvalue weighted by Crippen LogP contribution is 2.39. The molecule has 4 heterocycles. The van der Waals surface area contributed by atoms with E-state index in [1.165, 1.54) is 16.8 Å². The summed E-state index contributed by atoms with van der Waals surface area (Å²) in [5.74, 6) is 0.321. The SMILES string of the molecule is O=c1c(=O)n2c(nn1Cc1ccc(F)cc1)CC1(CCN(Cc3nccs3)C1)C2. The first-order chi connectivity index (χ1) is 14.0. The number of likely N-dealkylation sites (tertiary alicyclic amines) is 1. The van der Waals surface area contributed by atoms with Gasteiger partial charge < -0.3 is 0 Å². The van der Waals surface area contributed by atoms with Crippen LogP contribution in [0.15, 0.2) is 45.4 Å². The molecule has 1 unspecified atom stereocenters. The van der Waals surface area contributed by atoms with E-state index in [4.69, 9.17) is 0 Å². The zero-order chi connectivity index (χ0) is 20.0. The van der Waals surface area contributed by atoms with Gasteiger partial charge in [0.1, 0.15) is 16.6 Å². The zero-order valence-corrected chi connectivity index (χ0v) is 16.6. The lowest BCUT2D eigenvalue weighted by molar-refractivity contribution is 0.246. The van der Waals surface area contributed by atoms with Crippen LogP contribution in [0.5, 0.6) is 0 Å². The van der Waals surface area contributed by atoms with Crippen molar-refractivity contribution in [1.29, 1.82) is 0 Å². The Morgan fingerprint density at radius 1 is 1.10 bits per heavy atom. The summed E-state index contributed by atoms with van der Waals surface area (Å²) in [6.45, 7) is 3.32. The molecule has 1 aromatic carbocycles. The van der Waals surface area contributed by atoms with Crippen molar-refractivity contribution in [3.63, 3.8) is 0 Å². The highest BCUT2D eigenvalue weighted by Gasteiger charge is 2.44. The second kappa shape index (κ2) is 7.00. The van der Waals surface area contributed by atoms with Gasteiger partial charge in [-0.1, -0.05) is 12.1 Å². The maximum atomic E-state index is 13.1. The molecule has 1 fully saturated rings. The second-order valence-corrected chi connectivity index (χ2v) is 8.94. The summed E-state index contributed by atoms with van der Waals surface area (Å²) in [6.07, 6.45) is 3.46. The van der Waals surface area contributed by atoms with Crippen molar-refractivity contribution in [1.82, 2.24) is 24.2 Å². The molecule has 29 heavy (non-hydrogen) atoms. The van der Waals surface area contributed by atoms with Crippen molar-refractivity contribution in [3.8, 4) is 0 Å². The third kappa shape index (κ3) is 3.44. The van der Waals surface area contributed by atoms with Crippen LogP contribution in [-0.2, 0) is 26.1 Å². The van der Waals surface area contributed by atoms with Crippen molar-refractivity contribution in [2.45, 2.75) is 32.5 Å². The molecule has 2 aliphatic heterocycles. The lowest BCUT2D eigenvalue weighted by Gasteiger charge is -2.22. The fourth-order valence-electron chi connectivity index (χ4n) is 4.43. The minimum Gasteiger partial charge on any atom is -0.296 e. The van der Waals surface area contributed by atoms with Crippen molar-refractivity contribution >= 4 is 11.3 Å². The van der Waals surface area contributed by atoms with E-state index in [1.807, 2.05) is 11.6 Å². The van der Waals surface area contributed by atoms with Gasteiger partial charge in [-0.15, -0.1) is 11.3 Å². The number of thiazole rings is 1. The summed E-state index contributed by atoms with van der Waals surface area (Å²) in [5, 5.41) is 7.56. The number of hydrogen-bond donors (Lipinski definition) is 0. The molecule has 150 valence electrons. The number of rotatable bonds is 4. The van der Waals surface area contributed by atoms with Crippen molar-refractivity contribution < 1.29 is 4.39 Å². The number of nitrogens with zero attached hydrogens (tertiary/aromatic N) is 5. The average molecular weight is 413 g/mol. The predicted molar refractivity (Wildman–Crippen MR) is 106 cm³/mol. The molecule has 0 aliphatic carbocycles. The van der Waals surface area contributed by atoms with E-state index in [0.717, 1.165) is 36.6 Å². The molecule has 3 aromatic rings. The second-order valence-electron chi connectivity index (χ2n) is 7.96. The molecule has 5 rings (SSSR count). The average Bonchev–Trinajstić information content (AvgIpc) is 3.43. The van der Waals surface area contributed by atoms with E-state index in [9.17, 15) is 14.0 Å². The Bertz CT molecular complexity index is 1160. The number of hydrogen-bond acceptors (Lipinski definition) is 6. The number of halogens is 1. The smallest absolute Gasteiger partial charge is 0.296 e. The molecular formula is C20H20FN5O2S. The van der Waals surface area contributed by atoms with E-state index < -0.39 is 11.1 Å². The maximum Gasteiger partial charge on any atom is 0.332 e. The van der Waals surface area contributed by atoms with Gasteiger partial charge in [-0.2, -0.15) is 5.10 Å². The minimum atomic E-state index is -0.632. The first-order valence-corrected chi connectivity index (χ1v) is 10.5. The van der Waals surface area contributed by atoms with Gasteiger partial charge in [0.2, 0.25) is 0 Å². The monoisotopic (exact) mass is 413 g/mol. The Kier molecular flexibility index (Phi) is 4.44. The molecule has 2 aromatic heterocycles. The Morgan fingerprint density at radius 2 is 1.93 bits per heavy atom. The fraction of sp³-hybridized carbons (Fsp3) is 0.400. The number of benzene rings is 1. The molecular weight excluding hydrogens is 393 g/mol. The van der Waals surface area contributed by atoms with Gasteiger partial charge in [0.15, 0.2) is 0 Å². The molecule has 0 amide bonds. The van der Waals surface area contributed by atoms with Crippen LogP contribution < -0.4 is 11.1 Å². The topological polar surface area (TPSA) is 73.0 Å². The van der Waals surface area contributed by atoms with Gasteiger partial charge in [-0.3, -0.25) is 19.1 Å². The summed E-state index contributed by atoms with van der Waals surface area (Å²) in [5.41, 5.74) is -0.480. The highest BCUT2D eigenvalue weighted by atomic mass is 32.1. The van der Waals surface area contributed by atoms with Gasteiger partial charge in [0.25, 0.3) is 0 Å². The van der Waals surface area contributed by atoms with Crippen molar-refractivity contribution in [2.24, 2.45) is 5.41 Å². The lowest BCUT2D eigenvalue weighted by Crippen LogP contribution is -2.43. The van der Waals surface area contributed by atoms with Crippen LogP contribution in [0, 0.1) is 11.2 Å². The number of fused-ring (bicyclic) bond motifs is 1. The van der Waals surface area contributed by atoms with Crippen LogP contribution in [0.25, 0.3) is 0 Å². The first-order valence-electron chi connectivity index (χ1n) is 9.57. The number of aromatic nitrogens is 4. The fourth-order valence-corrected chi connectivity index (χ4v) is 5.09. The molecule has 0 radical (unpaired) electrons. The van der Waals surface area contributed by atoms with Crippen LogP contribution in [0.1, 0.15) is 22.8 Å². The normalized spacial score (nSPS) is 21.1. The minimum absolute atomic E-state index is 0.0576. The standard InChI is InChI=1S/C20H20FN5O2S/c21-15-3-1-14(2-4-15)10-26-19(28)18(27)25-13-20(9-16(25)23-26)5-7-24(12-20)11-17-22-6-8-29-17/h1-4,6,8H,5,7,9-13H2. The molecule has 0 N–H and O–H groups in total. The summed E-state index contributed by atoms with van der Waals surface area (Å²) in [4.78, 5) is 32.0. The Hall–Kier alpha value is -2.65. The summed E-state index contributed by atoms with van der Waals surface area (Å²) >= 11 is 1.65. The predicted octanol–water partition coefficient (Wildman–Crippen LogP) is 1.50. The van der Waals surface area contributed by atoms with E-state index in [1.54, 1.807) is 28.0 Å². The van der Waals surface area contributed by atoms with E-state index in [0.29, 0.717) is 18.8 Å². The molecule has 0 saturated carbocycles. The molecule has 1 spiro atoms. The molecule has 0 bridgehead atoms. The van der Waals surface area contributed by atoms with Crippen LogP contribution in [0.4, 0.5) is 4.39 Å². The van der Waals surface area contributed by atoms with Crippen molar-refractivity contribution in [2.75, 3.05) is 13.1 Å². The Morgan fingerprint density at radius 3 is 2.69 bits per heavy atom. The van der Waals surface area contributed by atoms with Crippen LogP contribution in [-0.4, -0.2) is 37.3 Å². The van der Waals surface area contributed by atoms with E-state index in [2.05, 4.69) is 15.0 Å². The van der Waals surface area contributed by atoms with Crippen molar-refractivity contribution in [3.05, 3.63) is 78.8 Å². The highest BCUT2D eigenvalue weighted by molar-refractivity contribution is 7.09. The zero-order valence-electron chi connectivity index (χ0n) is 15.8. The summed E-state index contributed by atoms with van der Waals surface area (Å²) in [7, 11) is 0. The summed E-state index contributed by atoms with van der Waals surface area (Å²) < 4.78 is 15.9. The van der Waals surface area contributed by atoms with E-state index in [-0.39, 0.29) is 17.8 Å².